The molecule has 92 valence electrons. The van der Waals surface area contributed by atoms with Gasteiger partial charge in [-0.05, 0) is 30.5 Å². The zero-order valence-corrected chi connectivity index (χ0v) is 10.2. The lowest BCUT2D eigenvalue weighted by Gasteiger charge is -2.14. The van der Waals surface area contributed by atoms with E-state index in [0.29, 0.717) is 0 Å². The highest BCUT2D eigenvalue weighted by Gasteiger charge is 2.16. The molecule has 2 aromatic rings. The van der Waals surface area contributed by atoms with Gasteiger partial charge in [0.25, 0.3) is 0 Å². The van der Waals surface area contributed by atoms with Gasteiger partial charge in [-0.3, -0.25) is 16.0 Å². The Kier molecular flexibility index (Phi) is 3.61. The summed E-state index contributed by atoms with van der Waals surface area (Å²) in [4.78, 5) is 0. The number of furan rings is 1. The summed E-state index contributed by atoms with van der Waals surface area (Å²) < 4.78 is 6.94. The highest BCUT2D eigenvalue weighted by molar-refractivity contribution is 5.18. The van der Waals surface area contributed by atoms with E-state index in [-0.39, 0.29) is 6.04 Å². The second-order valence-corrected chi connectivity index (χ2v) is 4.09. The van der Waals surface area contributed by atoms with Gasteiger partial charge < -0.3 is 4.42 Å². The molecule has 17 heavy (non-hydrogen) atoms. The maximum Gasteiger partial charge on any atom is 0.0935 e. The first-order chi connectivity index (χ1) is 8.24. The molecule has 0 aliphatic heterocycles. The van der Waals surface area contributed by atoms with E-state index in [2.05, 4.69) is 23.5 Å². The topological polar surface area (TPSA) is 69.0 Å². The van der Waals surface area contributed by atoms with Gasteiger partial charge in [0.05, 0.1) is 30.0 Å². The summed E-state index contributed by atoms with van der Waals surface area (Å²) in [6, 6.07) is 4.08. The number of aryl methyl sites for hydroxylation is 2. The van der Waals surface area contributed by atoms with E-state index < -0.39 is 0 Å². The minimum atomic E-state index is 0.0467. The van der Waals surface area contributed by atoms with Crippen LogP contribution in [0.1, 0.15) is 29.9 Å². The molecule has 0 saturated heterocycles. The van der Waals surface area contributed by atoms with Gasteiger partial charge in [0.2, 0.25) is 0 Å². The van der Waals surface area contributed by atoms with Crippen LogP contribution in [0.5, 0.6) is 0 Å². The smallest absolute Gasteiger partial charge is 0.0935 e. The molecule has 5 nitrogen and oxygen atoms in total. The quantitative estimate of drug-likeness (QED) is 0.605. The third-order valence-corrected chi connectivity index (χ3v) is 2.91. The van der Waals surface area contributed by atoms with Crippen LogP contribution in [0.2, 0.25) is 0 Å². The van der Waals surface area contributed by atoms with Crippen molar-refractivity contribution in [1.82, 2.24) is 15.2 Å². The molecule has 3 N–H and O–H groups in total. The third kappa shape index (κ3) is 2.57. The molecule has 5 heteroatoms. The number of hydrogen-bond acceptors (Lipinski definition) is 4. The molecule has 0 aliphatic carbocycles. The molecule has 2 heterocycles. The van der Waals surface area contributed by atoms with Crippen molar-refractivity contribution in [3.05, 3.63) is 41.6 Å². The maximum atomic E-state index is 5.62. The molecule has 0 fully saturated rings. The number of nitrogens with one attached hydrogen (secondary N) is 1. The van der Waals surface area contributed by atoms with Crippen molar-refractivity contribution in [2.24, 2.45) is 12.9 Å². The predicted molar refractivity (Wildman–Crippen MR) is 65.1 cm³/mol. The standard InChI is InChI=1S/C12H18N4O/c1-3-10-7-12(16(2)15-10)11(14-13)6-9-4-5-17-8-9/h4-5,7-8,11,14H,3,6,13H2,1-2H3. The number of hydrazine groups is 1. The Balaban J connectivity index is 2.19. The lowest BCUT2D eigenvalue weighted by molar-refractivity contribution is 0.502. The molecular formula is C12H18N4O. The largest absolute Gasteiger partial charge is 0.472 e. The van der Waals surface area contributed by atoms with Crippen LogP contribution in [-0.2, 0) is 19.9 Å². The maximum absolute atomic E-state index is 5.62. The minimum Gasteiger partial charge on any atom is -0.472 e. The van der Waals surface area contributed by atoms with Gasteiger partial charge >= 0.3 is 0 Å². The SMILES string of the molecule is CCc1cc(C(Cc2ccoc2)NN)n(C)n1. The Morgan fingerprint density at radius 2 is 2.41 bits per heavy atom. The monoisotopic (exact) mass is 234 g/mol. The average molecular weight is 234 g/mol. The molecular weight excluding hydrogens is 216 g/mol. The predicted octanol–water partition coefficient (Wildman–Crippen LogP) is 1.32. The van der Waals surface area contributed by atoms with Gasteiger partial charge in [-0.1, -0.05) is 6.92 Å². The molecule has 2 aromatic heterocycles. The molecule has 0 radical (unpaired) electrons. The Morgan fingerprint density at radius 3 is 2.94 bits per heavy atom. The Bertz CT molecular complexity index is 461. The van der Waals surface area contributed by atoms with Crippen LogP contribution in [0.25, 0.3) is 0 Å². The number of nitrogens with two attached hydrogens (primary N) is 1. The first-order valence-electron chi connectivity index (χ1n) is 5.74. The molecule has 0 spiro atoms. The van der Waals surface area contributed by atoms with Crippen LogP contribution in [0, 0.1) is 0 Å². The van der Waals surface area contributed by atoms with Crippen molar-refractivity contribution >= 4 is 0 Å². The number of hydrogen-bond donors (Lipinski definition) is 2. The van der Waals surface area contributed by atoms with Gasteiger partial charge in [-0.2, -0.15) is 5.10 Å². The second-order valence-electron chi connectivity index (χ2n) is 4.09. The van der Waals surface area contributed by atoms with Crippen LogP contribution in [0.3, 0.4) is 0 Å². The van der Waals surface area contributed by atoms with Crippen LogP contribution in [-0.4, -0.2) is 9.78 Å². The second kappa shape index (κ2) is 5.16. The number of aromatic nitrogens is 2. The van der Waals surface area contributed by atoms with Crippen molar-refractivity contribution in [2.45, 2.75) is 25.8 Å². The minimum absolute atomic E-state index is 0.0467. The van der Waals surface area contributed by atoms with E-state index in [1.807, 2.05) is 17.8 Å². The van der Waals surface area contributed by atoms with Gasteiger partial charge in [0, 0.05) is 7.05 Å². The van der Waals surface area contributed by atoms with Gasteiger partial charge in [-0.25, -0.2) is 0 Å². The van der Waals surface area contributed by atoms with Crippen molar-refractivity contribution in [3.8, 4) is 0 Å². The van der Waals surface area contributed by atoms with E-state index in [1.165, 1.54) is 0 Å². The fourth-order valence-electron chi connectivity index (χ4n) is 1.94. The molecule has 1 atom stereocenters. The molecule has 0 aromatic carbocycles. The Hall–Kier alpha value is -1.59. The normalized spacial score (nSPS) is 12.9. The molecule has 1 unspecified atom stereocenters. The van der Waals surface area contributed by atoms with Crippen LogP contribution < -0.4 is 11.3 Å². The van der Waals surface area contributed by atoms with E-state index in [0.717, 1.165) is 29.8 Å². The van der Waals surface area contributed by atoms with Gasteiger partial charge in [0.15, 0.2) is 0 Å². The lowest BCUT2D eigenvalue weighted by Crippen LogP contribution is -2.31. The average Bonchev–Trinajstić information content (AvgIpc) is 2.95. The van der Waals surface area contributed by atoms with E-state index in [1.54, 1.807) is 12.5 Å². The van der Waals surface area contributed by atoms with Crippen molar-refractivity contribution < 1.29 is 4.42 Å². The highest BCUT2D eigenvalue weighted by Crippen LogP contribution is 2.18. The summed E-state index contributed by atoms with van der Waals surface area (Å²) in [6.07, 6.45) is 5.12. The summed E-state index contributed by atoms with van der Waals surface area (Å²) in [5.41, 5.74) is 6.12. The lowest BCUT2D eigenvalue weighted by atomic mass is 10.1. The number of nitrogens with zero attached hydrogens (tertiary/aromatic N) is 2. The van der Waals surface area contributed by atoms with Gasteiger partial charge in [-0.15, -0.1) is 0 Å². The molecule has 0 aliphatic rings. The summed E-state index contributed by atoms with van der Waals surface area (Å²) in [5.74, 6) is 5.62. The Morgan fingerprint density at radius 1 is 1.59 bits per heavy atom. The Labute approximate surface area is 101 Å². The summed E-state index contributed by atoms with van der Waals surface area (Å²) in [5, 5.41) is 4.42. The van der Waals surface area contributed by atoms with Crippen molar-refractivity contribution in [1.29, 1.82) is 0 Å². The summed E-state index contributed by atoms with van der Waals surface area (Å²) in [6.45, 7) is 2.09. The van der Waals surface area contributed by atoms with Crippen LogP contribution in [0.15, 0.2) is 29.1 Å². The summed E-state index contributed by atoms with van der Waals surface area (Å²) in [7, 11) is 1.94. The fourth-order valence-corrected chi connectivity index (χ4v) is 1.94. The van der Waals surface area contributed by atoms with Gasteiger partial charge in [0.1, 0.15) is 0 Å². The van der Waals surface area contributed by atoms with Crippen LogP contribution >= 0.6 is 0 Å². The molecule has 0 saturated carbocycles. The third-order valence-electron chi connectivity index (χ3n) is 2.91. The first kappa shape index (κ1) is 11.9. The van der Waals surface area contributed by atoms with E-state index >= 15 is 0 Å². The first-order valence-corrected chi connectivity index (χ1v) is 5.74. The number of rotatable bonds is 5. The van der Waals surface area contributed by atoms with Crippen LogP contribution in [0.4, 0.5) is 0 Å². The van der Waals surface area contributed by atoms with Crippen molar-refractivity contribution in [2.75, 3.05) is 0 Å². The van der Waals surface area contributed by atoms with Crippen molar-refractivity contribution in [3.63, 3.8) is 0 Å². The zero-order valence-electron chi connectivity index (χ0n) is 10.2. The fraction of sp³-hybridized carbons (Fsp3) is 0.417. The van der Waals surface area contributed by atoms with E-state index in [9.17, 15) is 0 Å². The molecule has 0 amide bonds. The zero-order chi connectivity index (χ0) is 12.3. The molecule has 2 rings (SSSR count). The highest BCUT2D eigenvalue weighted by atomic mass is 16.3. The molecule has 0 bridgehead atoms. The summed E-state index contributed by atoms with van der Waals surface area (Å²) >= 11 is 0. The van der Waals surface area contributed by atoms with E-state index in [4.69, 9.17) is 10.3 Å².